The summed E-state index contributed by atoms with van der Waals surface area (Å²) in [4.78, 5) is 4.39. The zero-order valence-electron chi connectivity index (χ0n) is 10.5. The van der Waals surface area contributed by atoms with Crippen molar-refractivity contribution < 1.29 is 0 Å². The minimum Gasteiger partial charge on any atom is -0.399 e. The van der Waals surface area contributed by atoms with Gasteiger partial charge in [-0.25, -0.2) is 0 Å². The van der Waals surface area contributed by atoms with E-state index in [2.05, 4.69) is 47.8 Å². The summed E-state index contributed by atoms with van der Waals surface area (Å²) < 4.78 is 2.15. The number of hydrogen-bond donors (Lipinski definition) is 1. The first-order valence-corrected chi connectivity index (χ1v) is 5.93. The van der Waals surface area contributed by atoms with E-state index in [0.29, 0.717) is 0 Å². The molecular formula is C15H15N3. The van der Waals surface area contributed by atoms with E-state index in [4.69, 9.17) is 5.73 Å². The van der Waals surface area contributed by atoms with E-state index in [1.807, 2.05) is 6.07 Å². The molecule has 90 valence electrons. The van der Waals surface area contributed by atoms with Gasteiger partial charge >= 0.3 is 0 Å². The molecular weight excluding hydrogens is 222 g/mol. The Morgan fingerprint density at radius 3 is 2.72 bits per heavy atom. The SMILES string of the molecule is Cc1ccc2c(c1)cc(-c1cc(N)ccn1)n2C. The molecule has 0 fully saturated rings. The van der Waals surface area contributed by atoms with Crippen molar-refractivity contribution in [2.75, 3.05) is 5.73 Å². The Bertz CT molecular complexity index is 726. The van der Waals surface area contributed by atoms with Crippen LogP contribution < -0.4 is 5.73 Å². The Hall–Kier alpha value is -2.29. The summed E-state index contributed by atoms with van der Waals surface area (Å²) in [5.74, 6) is 0. The van der Waals surface area contributed by atoms with Gasteiger partial charge in [0.25, 0.3) is 0 Å². The number of benzene rings is 1. The van der Waals surface area contributed by atoms with Gasteiger partial charge in [-0.1, -0.05) is 11.6 Å². The molecule has 0 spiro atoms. The van der Waals surface area contributed by atoms with Crippen LogP contribution in [0.5, 0.6) is 0 Å². The average molecular weight is 237 g/mol. The van der Waals surface area contributed by atoms with Crippen LogP contribution in [0.15, 0.2) is 42.6 Å². The molecule has 3 rings (SSSR count). The fourth-order valence-electron chi connectivity index (χ4n) is 2.30. The fourth-order valence-corrected chi connectivity index (χ4v) is 2.30. The van der Waals surface area contributed by atoms with Crippen LogP contribution in [-0.4, -0.2) is 9.55 Å². The number of hydrogen-bond acceptors (Lipinski definition) is 2. The molecule has 0 saturated carbocycles. The first kappa shape index (κ1) is 10.8. The van der Waals surface area contributed by atoms with Gasteiger partial charge in [-0.05, 0) is 37.3 Å². The topological polar surface area (TPSA) is 43.8 Å². The highest BCUT2D eigenvalue weighted by atomic mass is 15.0. The molecule has 0 aliphatic rings. The first-order chi connectivity index (χ1) is 8.65. The molecule has 3 heteroatoms. The maximum atomic E-state index is 5.82. The summed E-state index contributed by atoms with van der Waals surface area (Å²) in [5.41, 5.74) is 11.0. The number of aryl methyl sites for hydroxylation is 2. The Morgan fingerprint density at radius 2 is 1.94 bits per heavy atom. The van der Waals surface area contributed by atoms with Gasteiger partial charge in [0.05, 0.1) is 11.4 Å². The van der Waals surface area contributed by atoms with Crippen LogP contribution in [0.2, 0.25) is 0 Å². The van der Waals surface area contributed by atoms with E-state index in [1.54, 1.807) is 12.3 Å². The predicted molar refractivity (Wildman–Crippen MR) is 75.3 cm³/mol. The summed E-state index contributed by atoms with van der Waals surface area (Å²) in [5, 5.41) is 1.23. The smallest absolute Gasteiger partial charge is 0.0887 e. The second-order valence-corrected chi connectivity index (χ2v) is 4.63. The summed E-state index contributed by atoms with van der Waals surface area (Å²) in [6.45, 7) is 2.10. The Kier molecular flexibility index (Phi) is 2.33. The molecule has 0 radical (unpaired) electrons. The van der Waals surface area contributed by atoms with Crippen molar-refractivity contribution in [1.82, 2.24) is 9.55 Å². The maximum absolute atomic E-state index is 5.82. The average Bonchev–Trinajstić information content (AvgIpc) is 2.66. The van der Waals surface area contributed by atoms with Gasteiger partial charge in [0, 0.05) is 29.8 Å². The van der Waals surface area contributed by atoms with Gasteiger partial charge in [0.1, 0.15) is 0 Å². The third-order valence-corrected chi connectivity index (χ3v) is 3.24. The highest BCUT2D eigenvalue weighted by molar-refractivity contribution is 5.87. The molecule has 0 aliphatic carbocycles. The lowest BCUT2D eigenvalue weighted by Gasteiger charge is -2.04. The van der Waals surface area contributed by atoms with Crippen molar-refractivity contribution >= 4 is 16.6 Å². The molecule has 18 heavy (non-hydrogen) atoms. The van der Waals surface area contributed by atoms with Crippen molar-refractivity contribution in [2.24, 2.45) is 7.05 Å². The van der Waals surface area contributed by atoms with E-state index in [1.165, 1.54) is 16.5 Å². The van der Waals surface area contributed by atoms with E-state index in [-0.39, 0.29) is 0 Å². The largest absolute Gasteiger partial charge is 0.399 e. The Balaban J connectivity index is 2.27. The lowest BCUT2D eigenvalue weighted by molar-refractivity contribution is 0.970. The van der Waals surface area contributed by atoms with Gasteiger partial charge in [0.15, 0.2) is 0 Å². The molecule has 2 aromatic heterocycles. The molecule has 3 aromatic rings. The van der Waals surface area contributed by atoms with Crippen molar-refractivity contribution in [3.05, 3.63) is 48.2 Å². The quantitative estimate of drug-likeness (QED) is 0.706. The fraction of sp³-hybridized carbons (Fsp3) is 0.133. The summed E-state index contributed by atoms with van der Waals surface area (Å²) in [6.07, 6.45) is 1.74. The zero-order valence-corrected chi connectivity index (χ0v) is 10.5. The van der Waals surface area contributed by atoms with Crippen LogP contribution in [0.1, 0.15) is 5.56 Å². The van der Waals surface area contributed by atoms with Crippen LogP contribution in [0.4, 0.5) is 5.69 Å². The van der Waals surface area contributed by atoms with Gasteiger partial charge in [-0.15, -0.1) is 0 Å². The summed E-state index contributed by atoms with van der Waals surface area (Å²) >= 11 is 0. The summed E-state index contributed by atoms with van der Waals surface area (Å²) in [7, 11) is 2.05. The molecule has 3 nitrogen and oxygen atoms in total. The van der Waals surface area contributed by atoms with Gasteiger partial charge in [-0.2, -0.15) is 0 Å². The molecule has 1 aromatic carbocycles. The standard InChI is InChI=1S/C15H15N3/c1-10-3-4-14-11(7-10)8-15(18(14)2)13-9-12(16)5-6-17-13/h3-9H,1-2H3,(H2,16,17). The summed E-state index contributed by atoms with van der Waals surface area (Å²) in [6, 6.07) is 12.3. The minimum absolute atomic E-state index is 0.737. The third kappa shape index (κ3) is 1.64. The lowest BCUT2D eigenvalue weighted by atomic mass is 10.2. The minimum atomic E-state index is 0.737. The highest BCUT2D eigenvalue weighted by Gasteiger charge is 2.09. The lowest BCUT2D eigenvalue weighted by Crippen LogP contribution is -1.94. The van der Waals surface area contributed by atoms with E-state index in [0.717, 1.165) is 17.1 Å². The predicted octanol–water partition coefficient (Wildman–Crippen LogP) is 3.13. The number of pyridine rings is 1. The van der Waals surface area contributed by atoms with E-state index in [9.17, 15) is 0 Å². The molecule has 0 aliphatic heterocycles. The normalized spacial score (nSPS) is 11.0. The number of aromatic nitrogens is 2. The maximum Gasteiger partial charge on any atom is 0.0887 e. The van der Waals surface area contributed by atoms with Crippen LogP contribution in [0, 0.1) is 6.92 Å². The number of nitrogens with zero attached hydrogens (tertiary/aromatic N) is 2. The molecule has 2 N–H and O–H groups in total. The number of rotatable bonds is 1. The molecule has 0 saturated heterocycles. The van der Waals surface area contributed by atoms with Crippen LogP contribution in [0.3, 0.4) is 0 Å². The first-order valence-electron chi connectivity index (χ1n) is 5.93. The second kappa shape index (κ2) is 3.88. The van der Waals surface area contributed by atoms with E-state index < -0.39 is 0 Å². The highest BCUT2D eigenvalue weighted by Crippen LogP contribution is 2.27. The Labute approximate surface area is 106 Å². The third-order valence-electron chi connectivity index (χ3n) is 3.24. The van der Waals surface area contributed by atoms with Crippen molar-refractivity contribution in [2.45, 2.75) is 6.92 Å². The molecule has 2 heterocycles. The molecule has 0 atom stereocenters. The van der Waals surface area contributed by atoms with Gasteiger partial charge < -0.3 is 10.3 Å². The van der Waals surface area contributed by atoms with Gasteiger partial charge in [0.2, 0.25) is 0 Å². The zero-order chi connectivity index (χ0) is 12.7. The number of anilines is 1. The van der Waals surface area contributed by atoms with E-state index >= 15 is 0 Å². The van der Waals surface area contributed by atoms with Crippen LogP contribution in [0.25, 0.3) is 22.3 Å². The van der Waals surface area contributed by atoms with Crippen molar-refractivity contribution in [3.8, 4) is 11.4 Å². The molecule has 0 bridgehead atoms. The van der Waals surface area contributed by atoms with Crippen molar-refractivity contribution in [1.29, 1.82) is 0 Å². The number of nitrogens with two attached hydrogens (primary N) is 1. The van der Waals surface area contributed by atoms with Gasteiger partial charge in [-0.3, -0.25) is 4.98 Å². The second-order valence-electron chi connectivity index (χ2n) is 4.63. The monoisotopic (exact) mass is 237 g/mol. The molecule has 0 amide bonds. The molecule has 0 unspecified atom stereocenters. The number of fused-ring (bicyclic) bond motifs is 1. The number of nitrogen functional groups attached to an aromatic ring is 1. The van der Waals surface area contributed by atoms with Crippen molar-refractivity contribution in [3.63, 3.8) is 0 Å². The van der Waals surface area contributed by atoms with Crippen LogP contribution >= 0.6 is 0 Å². The van der Waals surface area contributed by atoms with Crippen LogP contribution in [-0.2, 0) is 7.05 Å². The Morgan fingerprint density at radius 1 is 1.11 bits per heavy atom.